The average molecular weight is 446 g/mol. The van der Waals surface area contributed by atoms with Crippen molar-refractivity contribution >= 4 is 5.91 Å². The molecular formula is C27H34F3NO. The van der Waals surface area contributed by atoms with Crippen LogP contribution in [0.3, 0.4) is 0 Å². The van der Waals surface area contributed by atoms with Crippen LogP contribution >= 0.6 is 0 Å². The van der Waals surface area contributed by atoms with Crippen molar-refractivity contribution in [3.63, 3.8) is 0 Å². The van der Waals surface area contributed by atoms with Crippen LogP contribution in [0.4, 0.5) is 13.2 Å². The molecule has 0 aliphatic heterocycles. The first kappa shape index (κ1) is 22.0. The summed E-state index contributed by atoms with van der Waals surface area (Å²) < 4.78 is 39.5. The molecule has 3 fully saturated rings. The molecule has 2 N–H and O–H groups in total. The lowest BCUT2D eigenvalue weighted by Crippen LogP contribution is -2.57. The van der Waals surface area contributed by atoms with Crippen LogP contribution < -0.4 is 5.73 Å². The molecule has 6 atom stereocenters. The number of benzene rings is 1. The summed E-state index contributed by atoms with van der Waals surface area (Å²) in [6.07, 6.45) is 7.65. The summed E-state index contributed by atoms with van der Waals surface area (Å²) in [5.74, 6) is 1.21. The minimum atomic E-state index is -4.39. The number of amides is 1. The molecule has 2 nitrogen and oxygen atoms in total. The highest BCUT2D eigenvalue weighted by Crippen LogP contribution is 2.70. The van der Waals surface area contributed by atoms with Gasteiger partial charge < -0.3 is 5.73 Å². The molecule has 4 aliphatic rings. The molecule has 174 valence electrons. The molecule has 1 amide bonds. The molecule has 1 aromatic carbocycles. The first-order valence-electron chi connectivity index (χ1n) is 12.2. The Morgan fingerprint density at radius 2 is 1.69 bits per heavy atom. The maximum absolute atomic E-state index is 13.2. The molecule has 0 aromatic heterocycles. The van der Waals surface area contributed by atoms with E-state index in [1.807, 2.05) is 0 Å². The highest BCUT2D eigenvalue weighted by atomic mass is 19.4. The van der Waals surface area contributed by atoms with Crippen molar-refractivity contribution in [2.75, 3.05) is 0 Å². The van der Waals surface area contributed by atoms with E-state index in [4.69, 9.17) is 5.73 Å². The molecule has 0 saturated heterocycles. The molecule has 5 rings (SSSR count). The number of hydrogen-bond donors (Lipinski definition) is 1. The number of hydrogen-bond acceptors (Lipinski definition) is 1. The van der Waals surface area contributed by atoms with E-state index < -0.39 is 17.2 Å². The molecule has 0 heterocycles. The van der Waals surface area contributed by atoms with Crippen molar-refractivity contribution in [3.8, 4) is 0 Å². The summed E-state index contributed by atoms with van der Waals surface area (Å²) in [6, 6.07) is 5.25. The number of allylic oxidation sites excluding steroid dienone is 2. The van der Waals surface area contributed by atoms with Gasteiger partial charge in [0.1, 0.15) is 0 Å². The fraction of sp³-hybridized carbons (Fsp3) is 0.667. The van der Waals surface area contributed by atoms with Crippen LogP contribution in [-0.2, 0) is 16.4 Å². The Morgan fingerprint density at radius 3 is 2.34 bits per heavy atom. The third-order valence-electron chi connectivity index (χ3n) is 10.3. The largest absolute Gasteiger partial charge is 0.416 e. The Bertz CT molecular complexity index is 951. The summed E-state index contributed by atoms with van der Waals surface area (Å²) in [5.41, 5.74) is 6.81. The lowest BCUT2D eigenvalue weighted by molar-refractivity contribution is -0.137. The van der Waals surface area contributed by atoms with E-state index in [1.54, 1.807) is 5.57 Å². The van der Waals surface area contributed by atoms with Gasteiger partial charge in [-0.05, 0) is 104 Å². The van der Waals surface area contributed by atoms with Crippen LogP contribution in [0.5, 0.6) is 0 Å². The topological polar surface area (TPSA) is 43.1 Å². The van der Waals surface area contributed by atoms with E-state index in [1.165, 1.54) is 31.4 Å². The lowest BCUT2D eigenvalue weighted by atomic mass is 9.44. The number of carbonyl (C=O) groups excluding carboxylic acids is 1. The molecule has 1 unspecified atom stereocenters. The van der Waals surface area contributed by atoms with Crippen molar-refractivity contribution in [2.45, 2.75) is 83.2 Å². The van der Waals surface area contributed by atoms with Gasteiger partial charge in [0, 0.05) is 0 Å². The van der Waals surface area contributed by atoms with Crippen LogP contribution in [0.1, 0.15) is 82.8 Å². The van der Waals surface area contributed by atoms with Crippen LogP contribution in [0.2, 0.25) is 0 Å². The van der Waals surface area contributed by atoms with E-state index in [0.717, 1.165) is 44.2 Å². The quantitative estimate of drug-likeness (QED) is 0.501. The smallest absolute Gasteiger partial charge is 0.369 e. The van der Waals surface area contributed by atoms with Gasteiger partial charge in [0.2, 0.25) is 5.91 Å². The number of rotatable bonds is 2. The normalized spacial score (nSPS) is 41.3. The van der Waals surface area contributed by atoms with Crippen LogP contribution in [0, 0.1) is 28.6 Å². The maximum Gasteiger partial charge on any atom is 0.416 e. The Hall–Kier alpha value is -1.78. The summed E-state index contributed by atoms with van der Waals surface area (Å²) in [6.45, 7) is 4.67. The molecule has 0 bridgehead atoms. The number of fused-ring (bicyclic) bond motifs is 5. The first-order valence-corrected chi connectivity index (χ1v) is 12.2. The zero-order valence-electron chi connectivity index (χ0n) is 19.1. The van der Waals surface area contributed by atoms with Crippen molar-refractivity contribution < 1.29 is 18.0 Å². The predicted octanol–water partition coefficient (Wildman–Crippen LogP) is 6.78. The third kappa shape index (κ3) is 2.81. The Labute approximate surface area is 188 Å². The van der Waals surface area contributed by atoms with Crippen molar-refractivity contribution in [1.29, 1.82) is 0 Å². The minimum absolute atomic E-state index is 0.273. The van der Waals surface area contributed by atoms with Gasteiger partial charge in [0.05, 0.1) is 11.0 Å². The standard InChI is InChI=1S/C27H34F3NO/c1-24-14-4-3-5-17(24)10-11-20-21(24)12-15-25(2)22(20)13-16-26(25,23(31)32)18-6-8-19(9-7-18)27(28,29)30/h5-9,20-22H,3-4,10-16H2,1-2H3,(H2,31,32)/t20-,21-,22+,24+,25+,26?/m1/s1. The first-order chi connectivity index (χ1) is 15.0. The van der Waals surface area contributed by atoms with Crippen molar-refractivity contribution in [2.24, 2.45) is 34.3 Å². The van der Waals surface area contributed by atoms with Gasteiger partial charge in [-0.3, -0.25) is 4.79 Å². The highest BCUT2D eigenvalue weighted by molar-refractivity contribution is 5.88. The van der Waals surface area contributed by atoms with Crippen LogP contribution in [0.25, 0.3) is 0 Å². The molecule has 4 aliphatic carbocycles. The average Bonchev–Trinajstić information content (AvgIpc) is 3.07. The number of carbonyl (C=O) groups is 1. The van der Waals surface area contributed by atoms with E-state index in [2.05, 4.69) is 19.9 Å². The summed E-state index contributed by atoms with van der Waals surface area (Å²) in [7, 11) is 0. The molecule has 32 heavy (non-hydrogen) atoms. The summed E-state index contributed by atoms with van der Waals surface area (Å²) in [4.78, 5) is 13.1. The van der Waals surface area contributed by atoms with E-state index >= 15 is 0 Å². The molecule has 1 aromatic rings. The zero-order chi connectivity index (χ0) is 22.9. The van der Waals surface area contributed by atoms with Gasteiger partial charge in [0.15, 0.2) is 0 Å². The molecule has 0 radical (unpaired) electrons. The summed E-state index contributed by atoms with van der Waals surface area (Å²) >= 11 is 0. The summed E-state index contributed by atoms with van der Waals surface area (Å²) in [5, 5.41) is 0. The Kier molecular flexibility index (Phi) is 4.89. The zero-order valence-corrected chi connectivity index (χ0v) is 19.1. The number of primary amides is 1. The number of halogens is 3. The fourth-order valence-corrected chi connectivity index (χ4v) is 8.76. The molecule has 0 spiro atoms. The fourth-order valence-electron chi connectivity index (χ4n) is 8.76. The third-order valence-corrected chi connectivity index (χ3v) is 10.3. The van der Waals surface area contributed by atoms with Crippen molar-refractivity contribution in [3.05, 3.63) is 47.0 Å². The number of alkyl halides is 3. The van der Waals surface area contributed by atoms with Crippen LogP contribution in [-0.4, -0.2) is 5.91 Å². The van der Waals surface area contributed by atoms with Crippen LogP contribution in [0.15, 0.2) is 35.9 Å². The van der Waals surface area contributed by atoms with Gasteiger partial charge in [-0.2, -0.15) is 13.2 Å². The maximum atomic E-state index is 13.2. The van der Waals surface area contributed by atoms with Gasteiger partial charge in [-0.25, -0.2) is 0 Å². The predicted molar refractivity (Wildman–Crippen MR) is 119 cm³/mol. The van der Waals surface area contributed by atoms with E-state index in [9.17, 15) is 18.0 Å². The minimum Gasteiger partial charge on any atom is -0.369 e. The second-order valence-corrected chi connectivity index (χ2v) is 11.3. The SMILES string of the molecule is C[C@]12CCCC=C1CC[C@@H]1[C@H]2CC[C@@]2(C)[C@H]1CCC2(C(N)=O)c1ccc(C(F)(F)F)cc1. The number of nitrogens with two attached hydrogens (primary N) is 1. The Morgan fingerprint density at radius 1 is 1.00 bits per heavy atom. The van der Waals surface area contributed by atoms with Gasteiger partial charge in [-0.1, -0.05) is 37.6 Å². The molecular weight excluding hydrogens is 411 g/mol. The van der Waals surface area contributed by atoms with Gasteiger partial charge >= 0.3 is 6.18 Å². The van der Waals surface area contributed by atoms with Gasteiger partial charge in [0.25, 0.3) is 0 Å². The second kappa shape index (κ2) is 7.11. The van der Waals surface area contributed by atoms with Crippen molar-refractivity contribution in [1.82, 2.24) is 0 Å². The van der Waals surface area contributed by atoms with E-state index in [0.29, 0.717) is 29.7 Å². The molecule has 3 saturated carbocycles. The molecule has 5 heteroatoms. The second-order valence-electron chi connectivity index (χ2n) is 11.3. The highest BCUT2D eigenvalue weighted by Gasteiger charge is 2.66. The Balaban J connectivity index is 1.53. The lowest BCUT2D eigenvalue weighted by Gasteiger charge is -2.59. The monoisotopic (exact) mass is 445 g/mol. The van der Waals surface area contributed by atoms with E-state index in [-0.39, 0.29) is 16.7 Å². The van der Waals surface area contributed by atoms with Gasteiger partial charge in [-0.15, -0.1) is 0 Å².